The van der Waals surface area contributed by atoms with Gasteiger partial charge in [-0.25, -0.2) is 22.3 Å². The number of benzene rings is 2. The number of anilines is 1. The molecule has 0 spiro atoms. The van der Waals surface area contributed by atoms with E-state index in [0.717, 1.165) is 6.26 Å². The van der Waals surface area contributed by atoms with Crippen LogP contribution in [-0.4, -0.2) is 33.7 Å². The SMILES string of the molecule is COC(=O)c1ccccc1NC(=O)C[C@H](NS(C)(=O)=O)c1ccc(F)cc1. The number of rotatable bonds is 7. The van der Waals surface area contributed by atoms with Gasteiger partial charge in [0, 0.05) is 6.42 Å². The van der Waals surface area contributed by atoms with Crippen LogP contribution in [0.4, 0.5) is 10.1 Å². The summed E-state index contributed by atoms with van der Waals surface area (Å²) in [5.74, 6) is -1.62. The first-order chi connectivity index (χ1) is 12.7. The highest BCUT2D eigenvalue weighted by atomic mass is 32.2. The van der Waals surface area contributed by atoms with Gasteiger partial charge in [-0.3, -0.25) is 4.79 Å². The maximum atomic E-state index is 13.1. The van der Waals surface area contributed by atoms with Gasteiger partial charge in [-0.2, -0.15) is 0 Å². The number of halogens is 1. The van der Waals surface area contributed by atoms with E-state index < -0.39 is 33.8 Å². The van der Waals surface area contributed by atoms with Crippen molar-refractivity contribution in [3.05, 3.63) is 65.5 Å². The second-order valence-electron chi connectivity index (χ2n) is 5.78. The van der Waals surface area contributed by atoms with E-state index in [2.05, 4.69) is 14.8 Å². The zero-order chi connectivity index (χ0) is 20.0. The van der Waals surface area contributed by atoms with Crippen molar-refractivity contribution < 1.29 is 27.1 Å². The quantitative estimate of drug-likeness (QED) is 0.702. The number of esters is 1. The molecule has 0 bridgehead atoms. The molecule has 7 nitrogen and oxygen atoms in total. The van der Waals surface area contributed by atoms with Gasteiger partial charge in [0.15, 0.2) is 0 Å². The van der Waals surface area contributed by atoms with E-state index in [4.69, 9.17) is 0 Å². The lowest BCUT2D eigenvalue weighted by atomic mass is 10.0. The Bertz CT molecular complexity index is 929. The van der Waals surface area contributed by atoms with Crippen LogP contribution in [0.5, 0.6) is 0 Å². The van der Waals surface area contributed by atoms with E-state index >= 15 is 0 Å². The predicted octanol–water partition coefficient (Wildman–Crippen LogP) is 2.23. The van der Waals surface area contributed by atoms with Crippen LogP contribution >= 0.6 is 0 Å². The first-order valence-corrected chi connectivity index (χ1v) is 9.78. The maximum Gasteiger partial charge on any atom is 0.339 e. The molecule has 0 radical (unpaired) electrons. The van der Waals surface area contributed by atoms with Gasteiger partial charge in [-0.15, -0.1) is 0 Å². The van der Waals surface area contributed by atoms with Gasteiger partial charge in [0.05, 0.1) is 30.7 Å². The highest BCUT2D eigenvalue weighted by molar-refractivity contribution is 7.88. The minimum absolute atomic E-state index is 0.169. The number of carbonyl (C=O) groups is 2. The van der Waals surface area contributed by atoms with Crippen LogP contribution in [0.15, 0.2) is 48.5 Å². The van der Waals surface area contributed by atoms with E-state index in [1.807, 2.05) is 0 Å². The monoisotopic (exact) mass is 394 g/mol. The second kappa shape index (κ2) is 8.74. The molecule has 144 valence electrons. The van der Waals surface area contributed by atoms with Crippen molar-refractivity contribution in [2.75, 3.05) is 18.7 Å². The molecule has 0 aliphatic carbocycles. The highest BCUT2D eigenvalue weighted by Gasteiger charge is 2.21. The largest absolute Gasteiger partial charge is 0.465 e. The summed E-state index contributed by atoms with van der Waals surface area (Å²) in [5, 5.41) is 2.57. The molecule has 0 unspecified atom stereocenters. The van der Waals surface area contributed by atoms with E-state index in [1.165, 1.54) is 43.5 Å². The fourth-order valence-electron chi connectivity index (χ4n) is 2.45. The van der Waals surface area contributed by atoms with E-state index in [-0.39, 0.29) is 17.7 Å². The fourth-order valence-corrected chi connectivity index (χ4v) is 3.18. The third-order valence-electron chi connectivity index (χ3n) is 3.62. The Morgan fingerprint density at radius 3 is 2.33 bits per heavy atom. The van der Waals surface area contributed by atoms with Gasteiger partial charge in [0.1, 0.15) is 5.82 Å². The van der Waals surface area contributed by atoms with Crippen LogP contribution in [0.1, 0.15) is 28.4 Å². The molecule has 2 aromatic rings. The number of amides is 1. The third-order valence-corrected chi connectivity index (χ3v) is 4.34. The molecular weight excluding hydrogens is 375 g/mol. The molecule has 0 heterocycles. The summed E-state index contributed by atoms with van der Waals surface area (Å²) in [6, 6.07) is 10.5. The van der Waals surface area contributed by atoms with E-state index in [1.54, 1.807) is 12.1 Å². The molecule has 9 heteroatoms. The zero-order valence-electron chi connectivity index (χ0n) is 14.7. The summed E-state index contributed by atoms with van der Waals surface area (Å²) in [4.78, 5) is 24.2. The summed E-state index contributed by atoms with van der Waals surface area (Å²) >= 11 is 0. The Morgan fingerprint density at radius 2 is 1.74 bits per heavy atom. The zero-order valence-corrected chi connectivity index (χ0v) is 15.5. The van der Waals surface area contributed by atoms with Gasteiger partial charge in [0.2, 0.25) is 15.9 Å². The Labute approximate surface area is 156 Å². The van der Waals surface area contributed by atoms with Crippen molar-refractivity contribution in [3.63, 3.8) is 0 Å². The third kappa shape index (κ3) is 6.15. The molecule has 0 saturated heterocycles. The Morgan fingerprint density at radius 1 is 1.11 bits per heavy atom. The number of ether oxygens (including phenoxy) is 1. The molecule has 0 aliphatic heterocycles. The first kappa shape index (κ1) is 20.5. The minimum Gasteiger partial charge on any atom is -0.465 e. The van der Waals surface area contributed by atoms with Gasteiger partial charge >= 0.3 is 5.97 Å². The van der Waals surface area contributed by atoms with Gasteiger partial charge in [0.25, 0.3) is 0 Å². The Kier molecular flexibility index (Phi) is 6.65. The van der Waals surface area contributed by atoms with Gasteiger partial charge in [-0.1, -0.05) is 24.3 Å². The molecular formula is C18H19FN2O5S. The molecule has 1 atom stereocenters. The van der Waals surface area contributed by atoms with Gasteiger partial charge < -0.3 is 10.1 Å². The molecule has 1 amide bonds. The molecule has 27 heavy (non-hydrogen) atoms. The number of hydrogen-bond acceptors (Lipinski definition) is 5. The van der Waals surface area contributed by atoms with Crippen molar-refractivity contribution in [3.8, 4) is 0 Å². The smallest absolute Gasteiger partial charge is 0.339 e. The van der Waals surface area contributed by atoms with Crippen LogP contribution in [0.2, 0.25) is 0 Å². The number of sulfonamides is 1. The lowest BCUT2D eigenvalue weighted by molar-refractivity contribution is -0.116. The van der Waals surface area contributed by atoms with Crippen molar-refractivity contribution >= 4 is 27.6 Å². The minimum atomic E-state index is -3.62. The lowest BCUT2D eigenvalue weighted by Gasteiger charge is -2.18. The number of nitrogens with one attached hydrogen (secondary N) is 2. The number of carbonyl (C=O) groups excluding carboxylic acids is 2. The van der Waals surface area contributed by atoms with Gasteiger partial charge in [-0.05, 0) is 29.8 Å². The lowest BCUT2D eigenvalue weighted by Crippen LogP contribution is -2.31. The average molecular weight is 394 g/mol. The first-order valence-electron chi connectivity index (χ1n) is 7.89. The topological polar surface area (TPSA) is 102 Å². The molecule has 2 aromatic carbocycles. The second-order valence-corrected chi connectivity index (χ2v) is 7.56. The number of hydrogen-bond donors (Lipinski definition) is 2. The van der Waals surface area contributed by atoms with Crippen molar-refractivity contribution in [2.45, 2.75) is 12.5 Å². The predicted molar refractivity (Wildman–Crippen MR) is 98.1 cm³/mol. The van der Waals surface area contributed by atoms with Crippen molar-refractivity contribution in [1.82, 2.24) is 4.72 Å². The Balaban J connectivity index is 2.21. The summed E-state index contributed by atoms with van der Waals surface area (Å²) in [6.45, 7) is 0. The van der Waals surface area contributed by atoms with Crippen LogP contribution in [0.3, 0.4) is 0 Å². The standard InChI is InChI=1S/C18H19FN2O5S/c1-26-18(23)14-5-3-4-6-15(14)20-17(22)11-16(21-27(2,24)25)12-7-9-13(19)10-8-12/h3-10,16,21H,11H2,1-2H3,(H,20,22)/t16-/m0/s1. The van der Waals surface area contributed by atoms with Crippen LogP contribution in [-0.2, 0) is 19.6 Å². The summed E-state index contributed by atoms with van der Waals surface area (Å²) in [6.07, 6.45) is 0.711. The van der Waals surface area contributed by atoms with Crippen LogP contribution < -0.4 is 10.0 Å². The molecule has 0 saturated carbocycles. The summed E-state index contributed by atoms with van der Waals surface area (Å²) in [5.41, 5.74) is 0.840. The van der Waals surface area contributed by atoms with E-state index in [0.29, 0.717) is 5.56 Å². The van der Waals surface area contributed by atoms with Crippen LogP contribution in [0.25, 0.3) is 0 Å². The normalized spacial score (nSPS) is 12.3. The maximum absolute atomic E-state index is 13.1. The molecule has 0 fully saturated rings. The van der Waals surface area contributed by atoms with Crippen molar-refractivity contribution in [1.29, 1.82) is 0 Å². The number of methoxy groups -OCH3 is 1. The van der Waals surface area contributed by atoms with E-state index in [9.17, 15) is 22.4 Å². The summed E-state index contributed by atoms with van der Waals surface area (Å²) in [7, 11) is -2.40. The van der Waals surface area contributed by atoms with Crippen molar-refractivity contribution in [2.24, 2.45) is 0 Å². The summed E-state index contributed by atoms with van der Waals surface area (Å²) < 4.78 is 43.4. The average Bonchev–Trinajstić information content (AvgIpc) is 2.60. The fraction of sp³-hybridized carbons (Fsp3) is 0.222. The van der Waals surface area contributed by atoms with Crippen LogP contribution in [0, 0.1) is 5.82 Å². The molecule has 2 N–H and O–H groups in total. The Hall–Kier alpha value is -2.78. The molecule has 0 aliphatic rings. The molecule has 0 aromatic heterocycles. The highest BCUT2D eigenvalue weighted by Crippen LogP contribution is 2.21. The molecule has 2 rings (SSSR count). The number of para-hydroxylation sites is 1.